The Balaban J connectivity index is 1.16. The third kappa shape index (κ3) is 6.20. The van der Waals surface area contributed by atoms with E-state index in [4.69, 9.17) is 20.7 Å². The molecular formula is C32H46N8O. The van der Waals surface area contributed by atoms with Gasteiger partial charge in [-0.1, -0.05) is 45.7 Å². The summed E-state index contributed by atoms with van der Waals surface area (Å²) in [6, 6.07) is 9.43. The van der Waals surface area contributed by atoms with Crippen LogP contribution in [0.25, 0.3) is 11.2 Å². The van der Waals surface area contributed by atoms with E-state index in [2.05, 4.69) is 48.1 Å². The van der Waals surface area contributed by atoms with Crippen LogP contribution in [0.2, 0.25) is 0 Å². The summed E-state index contributed by atoms with van der Waals surface area (Å²) in [4.78, 5) is 30.0. The van der Waals surface area contributed by atoms with Crippen molar-refractivity contribution in [2.45, 2.75) is 115 Å². The molecule has 0 bridgehead atoms. The first-order chi connectivity index (χ1) is 19.7. The highest BCUT2D eigenvalue weighted by molar-refractivity contribution is 5.94. The quantitative estimate of drug-likeness (QED) is 0.359. The van der Waals surface area contributed by atoms with E-state index in [0.717, 1.165) is 74.2 Å². The van der Waals surface area contributed by atoms with E-state index in [9.17, 15) is 4.79 Å². The van der Waals surface area contributed by atoms with Gasteiger partial charge in [0.25, 0.3) is 5.91 Å². The highest BCUT2D eigenvalue weighted by Crippen LogP contribution is 2.34. The zero-order chi connectivity index (χ0) is 28.6. The van der Waals surface area contributed by atoms with Crippen molar-refractivity contribution in [1.82, 2.24) is 24.4 Å². The summed E-state index contributed by atoms with van der Waals surface area (Å²) in [6.45, 7) is 8.01. The Bertz CT molecular complexity index is 1340. The van der Waals surface area contributed by atoms with Crippen LogP contribution in [0.15, 0.2) is 30.6 Å². The first kappa shape index (κ1) is 27.9. The monoisotopic (exact) mass is 558 g/mol. The standard InChI is InChI=1S/C32H46N8O/c1-32(2,3)22-10-8-21(9-11-22)30(41)39-18-16-25(17-19-39)35-28-27-29(40(20-34-27)26-6-4-5-7-26)38-31(37-28)36-24-14-12-23(33)13-15-24/h8-11,20,23-26H,4-7,12-19,33H2,1-3H3,(H2,35,36,37,38). The van der Waals surface area contributed by atoms with E-state index in [-0.39, 0.29) is 17.4 Å². The van der Waals surface area contributed by atoms with Crippen molar-refractivity contribution < 1.29 is 4.79 Å². The second-order valence-electron chi connectivity index (χ2n) is 13.5. The predicted molar refractivity (Wildman–Crippen MR) is 164 cm³/mol. The molecule has 2 aromatic heterocycles. The number of likely N-dealkylation sites (tertiary alicyclic amines) is 1. The molecule has 0 radical (unpaired) electrons. The molecule has 2 saturated carbocycles. The number of rotatable bonds is 6. The molecule has 2 aliphatic carbocycles. The summed E-state index contributed by atoms with van der Waals surface area (Å²) in [5.41, 5.74) is 9.97. The first-order valence-electron chi connectivity index (χ1n) is 15.7. The average molecular weight is 559 g/mol. The predicted octanol–water partition coefficient (Wildman–Crippen LogP) is 5.64. The topological polar surface area (TPSA) is 114 Å². The van der Waals surface area contributed by atoms with Gasteiger partial charge in [-0.05, 0) is 74.5 Å². The van der Waals surface area contributed by atoms with Crippen LogP contribution in [-0.2, 0) is 5.41 Å². The van der Waals surface area contributed by atoms with E-state index in [1.54, 1.807) is 0 Å². The maximum atomic E-state index is 13.2. The molecule has 6 rings (SSSR count). The maximum absolute atomic E-state index is 13.2. The maximum Gasteiger partial charge on any atom is 0.253 e. The number of hydrogen-bond donors (Lipinski definition) is 3. The van der Waals surface area contributed by atoms with E-state index in [1.165, 1.54) is 31.2 Å². The Hall–Kier alpha value is -3.20. The molecule has 3 aliphatic rings. The van der Waals surface area contributed by atoms with Gasteiger partial charge in [0.1, 0.15) is 0 Å². The number of carbonyl (C=O) groups excluding carboxylic acids is 1. The Morgan fingerprint density at radius 3 is 2.20 bits per heavy atom. The third-order valence-electron chi connectivity index (χ3n) is 9.37. The van der Waals surface area contributed by atoms with E-state index >= 15 is 0 Å². The Morgan fingerprint density at radius 1 is 0.878 bits per heavy atom. The van der Waals surface area contributed by atoms with Gasteiger partial charge in [-0.3, -0.25) is 4.79 Å². The number of carbonyl (C=O) groups is 1. The Labute approximate surface area is 243 Å². The number of benzene rings is 1. The summed E-state index contributed by atoms with van der Waals surface area (Å²) < 4.78 is 2.27. The number of piperidine rings is 1. The van der Waals surface area contributed by atoms with Crippen LogP contribution < -0.4 is 16.4 Å². The normalized spacial score (nSPS) is 22.8. The molecule has 9 heteroatoms. The molecule has 1 amide bonds. The molecule has 1 saturated heterocycles. The third-order valence-corrected chi connectivity index (χ3v) is 9.37. The molecule has 1 aliphatic heterocycles. The van der Waals surface area contributed by atoms with Crippen LogP contribution in [0.4, 0.5) is 11.8 Å². The number of aromatic nitrogens is 4. The van der Waals surface area contributed by atoms with Crippen LogP contribution in [0.5, 0.6) is 0 Å². The van der Waals surface area contributed by atoms with Crippen molar-refractivity contribution in [1.29, 1.82) is 0 Å². The van der Waals surface area contributed by atoms with Gasteiger partial charge in [0.05, 0.1) is 6.33 Å². The number of nitrogens with one attached hydrogen (secondary N) is 2. The first-order valence-corrected chi connectivity index (χ1v) is 15.7. The fourth-order valence-corrected chi connectivity index (χ4v) is 6.69. The average Bonchev–Trinajstić information content (AvgIpc) is 3.64. The number of anilines is 2. The van der Waals surface area contributed by atoms with Crippen LogP contribution in [0, 0.1) is 0 Å². The molecule has 0 atom stereocenters. The number of amides is 1. The fourth-order valence-electron chi connectivity index (χ4n) is 6.69. The van der Waals surface area contributed by atoms with Gasteiger partial charge >= 0.3 is 0 Å². The summed E-state index contributed by atoms with van der Waals surface area (Å²) in [5, 5.41) is 7.33. The van der Waals surface area contributed by atoms with Crippen molar-refractivity contribution in [3.63, 3.8) is 0 Å². The highest BCUT2D eigenvalue weighted by atomic mass is 16.2. The van der Waals surface area contributed by atoms with Gasteiger partial charge in [0.2, 0.25) is 5.95 Å². The number of nitrogens with two attached hydrogens (primary N) is 1. The van der Waals surface area contributed by atoms with Crippen LogP contribution in [0.3, 0.4) is 0 Å². The zero-order valence-corrected chi connectivity index (χ0v) is 24.9. The van der Waals surface area contributed by atoms with Gasteiger partial charge in [0, 0.05) is 42.8 Å². The van der Waals surface area contributed by atoms with Gasteiger partial charge in [-0.25, -0.2) is 4.98 Å². The number of nitrogens with zero attached hydrogens (tertiary/aromatic N) is 5. The summed E-state index contributed by atoms with van der Waals surface area (Å²) in [6.07, 6.45) is 12.7. The molecule has 3 fully saturated rings. The van der Waals surface area contributed by atoms with Crippen LogP contribution in [0.1, 0.15) is 107 Å². The van der Waals surface area contributed by atoms with E-state index in [0.29, 0.717) is 24.1 Å². The molecule has 220 valence electrons. The number of fused-ring (bicyclic) bond motifs is 1. The minimum absolute atomic E-state index is 0.0737. The lowest BCUT2D eigenvalue weighted by Gasteiger charge is -2.33. The van der Waals surface area contributed by atoms with Gasteiger partial charge in [-0.15, -0.1) is 0 Å². The highest BCUT2D eigenvalue weighted by Gasteiger charge is 2.27. The second-order valence-corrected chi connectivity index (χ2v) is 13.5. The number of hydrogen-bond acceptors (Lipinski definition) is 7. The van der Waals surface area contributed by atoms with E-state index in [1.807, 2.05) is 23.4 Å². The van der Waals surface area contributed by atoms with Crippen molar-refractivity contribution in [2.75, 3.05) is 23.7 Å². The largest absolute Gasteiger partial charge is 0.365 e. The van der Waals surface area contributed by atoms with Crippen molar-refractivity contribution >= 4 is 28.8 Å². The van der Waals surface area contributed by atoms with Gasteiger partial charge in [-0.2, -0.15) is 9.97 Å². The molecule has 1 aromatic carbocycles. The fraction of sp³-hybridized carbons (Fsp3) is 0.625. The molecule has 3 aromatic rings. The lowest BCUT2D eigenvalue weighted by atomic mass is 9.86. The van der Waals surface area contributed by atoms with Crippen molar-refractivity contribution in [3.8, 4) is 0 Å². The van der Waals surface area contributed by atoms with E-state index < -0.39 is 0 Å². The minimum atomic E-state index is 0.0737. The smallest absolute Gasteiger partial charge is 0.253 e. The molecule has 4 N–H and O–H groups in total. The Morgan fingerprint density at radius 2 is 1.54 bits per heavy atom. The summed E-state index contributed by atoms with van der Waals surface area (Å²) in [5.74, 6) is 1.58. The molecular weight excluding hydrogens is 512 g/mol. The minimum Gasteiger partial charge on any atom is -0.365 e. The molecule has 0 unspecified atom stereocenters. The SMILES string of the molecule is CC(C)(C)c1ccc(C(=O)N2CCC(Nc3nc(NC4CCC(N)CC4)nc4c3ncn4C3CCCC3)CC2)cc1. The lowest BCUT2D eigenvalue weighted by molar-refractivity contribution is 0.0718. The van der Waals surface area contributed by atoms with Gasteiger partial charge < -0.3 is 25.8 Å². The molecule has 0 spiro atoms. The van der Waals surface area contributed by atoms with Crippen molar-refractivity contribution in [3.05, 3.63) is 41.7 Å². The Kier molecular flexibility index (Phi) is 7.90. The molecule has 3 heterocycles. The van der Waals surface area contributed by atoms with Crippen LogP contribution >= 0.6 is 0 Å². The molecule has 41 heavy (non-hydrogen) atoms. The zero-order valence-electron chi connectivity index (χ0n) is 24.9. The summed E-state index contributed by atoms with van der Waals surface area (Å²) in [7, 11) is 0. The molecule has 9 nitrogen and oxygen atoms in total. The lowest BCUT2D eigenvalue weighted by Crippen LogP contribution is -2.42. The van der Waals surface area contributed by atoms with Gasteiger partial charge in [0.15, 0.2) is 17.0 Å². The van der Waals surface area contributed by atoms with Crippen LogP contribution in [-0.4, -0.2) is 61.5 Å². The summed E-state index contributed by atoms with van der Waals surface area (Å²) >= 11 is 0. The second kappa shape index (κ2) is 11.6. The number of imidazole rings is 1. The van der Waals surface area contributed by atoms with Crippen molar-refractivity contribution in [2.24, 2.45) is 5.73 Å².